The summed E-state index contributed by atoms with van der Waals surface area (Å²) in [7, 11) is 0. The number of benzene rings is 1. The molecule has 0 heterocycles. The summed E-state index contributed by atoms with van der Waals surface area (Å²) in [4.78, 5) is 66.0. The van der Waals surface area contributed by atoms with Crippen molar-refractivity contribution in [3.05, 3.63) is 33.4 Å². The molecule has 0 amide bonds. The Labute approximate surface area is 244 Å². The fourth-order valence-corrected chi connectivity index (χ4v) is 1.97. The van der Waals surface area contributed by atoms with Crippen molar-refractivity contribution in [2.45, 2.75) is 41.5 Å². The van der Waals surface area contributed by atoms with E-state index >= 15 is 0 Å². The summed E-state index contributed by atoms with van der Waals surface area (Å²) in [5.41, 5.74) is 8.91. The number of rotatable bonds is 6. The van der Waals surface area contributed by atoms with Gasteiger partial charge < -0.3 is 93.8 Å². The molecule has 0 spiro atoms. The van der Waals surface area contributed by atoms with Crippen LogP contribution >= 0.6 is 0 Å². The Kier molecular flexibility index (Phi) is 39.8. The second-order valence-corrected chi connectivity index (χ2v) is 6.97. The molecule has 0 fully saturated rings. The maximum atomic E-state index is 11.0. The van der Waals surface area contributed by atoms with Gasteiger partial charge in [0.15, 0.2) is 0 Å². The monoisotopic (exact) mass is 612 g/mol. The average molecular weight is 613 g/mol. The van der Waals surface area contributed by atoms with Gasteiger partial charge in [0, 0.05) is 33.4 Å². The molecule has 18 N–H and O–H groups in total. The summed E-state index contributed by atoms with van der Waals surface area (Å²) in [6.45, 7) is 18.1. The molecule has 0 aliphatic rings. The van der Waals surface area contributed by atoms with Gasteiger partial charge in [-0.15, -0.1) is 0 Å². The molecule has 0 saturated carbocycles. The van der Waals surface area contributed by atoms with E-state index in [9.17, 15) is 59.4 Å². The quantitative estimate of drug-likeness (QED) is 0.174. The van der Waals surface area contributed by atoms with Crippen LogP contribution in [0.15, 0.2) is 0 Å². The summed E-state index contributed by atoms with van der Waals surface area (Å²) >= 11 is 0. The second-order valence-electron chi connectivity index (χ2n) is 6.97. The lowest BCUT2D eigenvalue weighted by molar-refractivity contribution is -0.362. The number of quaternary nitrogens is 6. The topological polar surface area (TPSA) is 407 Å². The molecule has 0 unspecified atom stereocenters. The smallest absolute Gasteiger partial charge is 0.0729 e. The van der Waals surface area contributed by atoms with Crippen molar-refractivity contribution in [1.82, 2.24) is 0 Å². The Morgan fingerprint density at radius 2 is 0.381 bits per heavy atom. The zero-order valence-electron chi connectivity index (χ0n) is 25.4. The molecule has 42 heavy (non-hydrogen) atoms. The van der Waals surface area contributed by atoms with Crippen molar-refractivity contribution in [3.8, 4) is 0 Å². The molecule has 246 valence electrons. The number of aromatic carboxylic acids is 6. The van der Waals surface area contributed by atoms with E-state index in [1.54, 1.807) is 0 Å². The third-order valence-corrected chi connectivity index (χ3v) is 2.72. The van der Waals surface area contributed by atoms with Crippen molar-refractivity contribution < 1.29 is 93.8 Å². The maximum Gasteiger partial charge on any atom is 0.0729 e. The van der Waals surface area contributed by atoms with Crippen LogP contribution in [0.5, 0.6) is 0 Å². The standard InChI is InChI=1S/C12H6O12.6C2H7N/c13-7(14)1-2(8(15)16)4(10(19)20)6(12(23)24)5(11(21)22)3(1)9(17)18;6*1-2-3/h(H,13,14)(H,15,16)(H,17,18)(H,19,20)(H,21,22)(H,23,24);6*2-3H2,1H3. The van der Waals surface area contributed by atoms with Crippen molar-refractivity contribution >= 4 is 35.8 Å². The number of carbonyl (C=O) groups excluding carboxylic acids is 6. The first-order valence-corrected chi connectivity index (χ1v) is 12.7. The minimum absolute atomic E-state index is 1.00. The Hall–Kier alpha value is -4.20. The highest BCUT2D eigenvalue weighted by Gasteiger charge is 2.27. The minimum atomic E-state index is -2.66. The van der Waals surface area contributed by atoms with Crippen LogP contribution in [0.1, 0.15) is 104 Å². The third kappa shape index (κ3) is 22.6. The predicted octanol–water partition coefficient (Wildman–Crippen LogP) is -12.6. The molecule has 0 saturated heterocycles. The number of carbonyl (C=O) groups is 6. The van der Waals surface area contributed by atoms with E-state index in [2.05, 4.69) is 34.4 Å². The van der Waals surface area contributed by atoms with Crippen LogP contribution in [0.25, 0.3) is 0 Å². The zero-order chi connectivity index (χ0) is 35.2. The maximum absolute atomic E-state index is 11.0. The van der Waals surface area contributed by atoms with E-state index in [0.29, 0.717) is 0 Å². The molecular formula is C24H48N6O12. The first kappa shape index (κ1) is 50.6. The van der Waals surface area contributed by atoms with E-state index in [0.717, 1.165) is 39.3 Å². The van der Waals surface area contributed by atoms with E-state index in [4.69, 9.17) is 0 Å². The molecular weight excluding hydrogens is 564 g/mol. The Balaban J connectivity index is -0.000000148. The van der Waals surface area contributed by atoms with Gasteiger partial charge in [0.25, 0.3) is 0 Å². The van der Waals surface area contributed by atoms with Gasteiger partial charge in [-0.3, -0.25) is 0 Å². The first-order chi connectivity index (χ1) is 19.4. The van der Waals surface area contributed by atoms with Crippen LogP contribution in [-0.2, 0) is 0 Å². The average Bonchev–Trinajstić information content (AvgIpc) is 2.84. The van der Waals surface area contributed by atoms with E-state index in [-0.39, 0.29) is 0 Å². The van der Waals surface area contributed by atoms with Crippen LogP contribution in [0.3, 0.4) is 0 Å². The lowest BCUT2D eigenvalue weighted by atomic mass is 9.86. The van der Waals surface area contributed by atoms with Gasteiger partial charge >= 0.3 is 0 Å². The third-order valence-electron chi connectivity index (χ3n) is 2.72. The lowest BCUT2D eigenvalue weighted by Crippen LogP contribution is -2.48. The van der Waals surface area contributed by atoms with Crippen molar-refractivity contribution in [1.29, 1.82) is 0 Å². The van der Waals surface area contributed by atoms with Gasteiger partial charge in [0.05, 0.1) is 75.1 Å². The zero-order valence-corrected chi connectivity index (χ0v) is 25.4. The van der Waals surface area contributed by atoms with Crippen LogP contribution in [-0.4, -0.2) is 75.1 Å². The largest absolute Gasteiger partial charge is 0.545 e. The number of carboxylic acids is 6. The minimum Gasteiger partial charge on any atom is -0.545 e. The normalized spacial score (nSPS) is 8.29. The first-order valence-electron chi connectivity index (χ1n) is 12.7. The molecule has 0 aromatic heterocycles. The van der Waals surface area contributed by atoms with Crippen molar-refractivity contribution in [3.63, 3.8) is 0 Å². The van der Waals surface area contributed by atoms with Gasteiger partial charge in [-0.05, 0) is 41.5 Å². The Morgan fingerprint density at radius 1 is 0.333 bits per heavy atom. The van der Waals surface area contributed by atoms with Gasteiger partial charge in [-0.1, -0.05) is 0 Å². The summed E-state index contributed by atoms with van der Waals surface area (Å²) < 4.78 is 0. The molecule has 1 aromatic rings. The van der Waals surface area contributed by atoms with Crippen LogP contribution < -0.4 is 65.0 Å². The molecule has 18 heteroatoms. The van der Waals surface area contributed by atoms with Gasteiger partial charge in [0.1, 0.15) is 0 Å². The van der Waals surface area contributed by atoms with Crippen molar-refractivity contribution in [2.75, 3.05) is 39.3 Å². The highest BCUT2D eigenvalue weighted by molar-refractivity contribution is 6.21. The molecule has 0 aliphatic carbocycles. The molecule has 1 rings (SSSR count). The molecule has 0 atom stereocenters. The van der Waals surface area contributed by atoms with Crippen LogP contribution in [0, 0.1) is 0 Å². The number of hydrogen-bond donors (Lipinski definition) is 6. The van der Waals surface area contributed by atoms with Gasteiger partial charge in [0.2, 0.25) is 0 Å². The lowest BCUT2D eigenvalue weighted by Gasteiger charge is -2.28. The predicted molar refractivity (Wildman–Crippen MR) is 133 cm³/mol. The van der Waals surface area contributed by atoms with E-state index < -0.39 is 69.2 Å². The van der Waals surface area contributed by atoms with Crippen LogP contribution in [0.4, 0.5) is 0 Å². The number of carboxylic acid groups (broad SMARTS) is 6. The Bertz CT molecular complexity index is 743. The van der Waals surface area contributed by atoms with Gasteiger partial charge in [-0.25, -0.2) is 0 Å². The Morgan fingerprint density at radius 3 is 0.405 bits per heavy atom. The molecule has 0 aliphatic heterocycles. The molecule has 1 aromatic carbocycles. The summed E-state index contributed by atoms with van der Waals surface area (Å²) in [6, 6.07) is 0. The van der Waals surface area contributed by atoms with Crippen LogP contribution in [0.2, 0.25) is 0 Å². The van der Waals surface area contributed by atoms with E-state index in [1.807, 2.05) is 41.5 Å². The highest BCUT2D eigenvalue weighted by atomic mass is 16.4. The summed E-state index contributed by atoms with van der Waals surface area (Å²) in [5, 5.41) is 66.0. The molecule has 18 nitrogen and oxygen atoms in total. The second kappa shape index (κ2) is 33.0. The van der Waals surface area contributed by atoms with E-state index in [1.165, 1.54) is 0 Å². The number of hydrogen-bond acceptors (Lipinski definition) is 12. The fourth-order valence-electron chi connectivity index (χ4n) is 1.97. The summed E-state index contributed by atoms with van der Waals surface area (Å²) in [6.07, 6.45) is 0. The van der Waals surface area contributed by atoms with Crippen molar-refractivity contribution in [2.24, 2.45) is 0 Å². The van der Waals surface area contributed by atoms with Gasteiger partial charge in [-0.2, -0.15) is 0 Å². The fraction of sp³-hybridized carbons (Fsp3) is 0.500. The SMILES string of the molecule is CC[NH3+].CC[NH3+].CC[NH3+].CC[NH3+].CC[NH3+].CC[NH3+].O=C([O-])c1c(C(=O)[O-])c(C(=O)[O-])c(C(=O)[O-])c(C(=O)[O-])c1C(=O)[O-]. The highest BCUT2D eigenvalue weighted by Crippen LogP contribution is 2.27. The molecule has 0 bridgehead atoms. The summed E-state index contributed by atoms with van der Waals surface area (Å²) in [5.74, 6) is -16.0. The molecule has 0 radical (unpaired) electrons.